The number of hydrogen-bond acceptors (Lipinski definition) is 2. The Kier molecular flexibility index (Phi) is 5.66. The van der Waals surface area contributed by atoms with E-state index in [0.29, 0.717) is 0 Å². The summed E-state index contributed by atoms with van der Waals surface area (Å²) >= 11 is 0. The minimum absolute atomic E-state index is 0.736. The van der Waals surface area contributed by atoms with Gasteiger partial charge in [0.2, 0.25) is 0 Å². The molecule has 0 spiro atoms. The van der Waals surface area contributed by atoms with Gasteiger partial charge >= 0.3 is 0 Å². The molecule has 0 radical (unpaired) electrons. The summed E-state index contributed by atoms with van der Waals surface area (Å²) in [6.45, 7) is 14.0. The minimum Gasteiger partial charge on any atom is -0.317 e. The molecule has 1 aliphatic rings. The predicted octanol–water partition coefficient (Wildman–Crippen LogP) is 2.05. The van der Waals surface area contributed by atoms with E-state index in [9.17, 15) is 0 Å². The molecule has 0 aromatic carbocycles. The molecule has 0 saturated heterocycles. The van der Waals surface area contributed by atoms with Crippen LogP contribution in [0.15, 0.2) is 25.3 Å². The van der Waals surface area contributed by atoms with Crippen LogP contribution in [0, 0.1) is 5.92 Å². The lowest BCUT2D eigenvalue weighted by Crippen LogP contribution is -2.50. The third-order valence-electron chi connectivity index (χ3n) is 3.23. The van der Waals surface area contributed by atoms with Gasteiger partial charge in [0, 0.05) is 19.1 Å². The largest absolute Gasteiger partial charge is 0.317 e. The predicted molar refractivity (Wildman–Crippen MR) is 67.0 cm³/mol. The molecule has 15 heavy (non-hydrogen) atoms. The topological polar surface area (TPSA) is 15.3 Å². The van der Waals surface area contributed by atoms with Crippen LogP contribution in [0.5, 0.6) is 0 Å². The van der Waals surface area contributed by atoms with Crippen molar-refractivity contribution in [2.45, 2.75) is 25.8 Å². The van der Waals surface area contributed by atoms with Gasteiger partial charge in [-0.05, 0) is 31.8 Å². The lowest BCUT2D eigenvalue weighted by atomic mass is 9.78. The molecule has 1 rings (SSSR count). The van der Waals surface area contributed by atoms with Gasteiger partial charge in [0.05, 0.1) is 0 Å². The molecule has 0 aromatic heterocycles. The van der Waals surface area contributed by atoms with Crippen LogP contribution in [0.2, 0.25) is 0 Å². The van der Waals surface area contributed by atoms with Crippen LogP contribution in [0.25, 0.3) is 0 Å². The van der Waals surface area contributed by atoms with Gasteiger partial charge in [-0.1, -0.05) is 19.1 Å². The Balaban J connectivity index is 2.37. The average molecular weight is 208 g/mol. The van der Waals surface area contributed by atoms with E-state index in [-0.39, 0.29) is 0 Å². The van der Waals surface area contributed by atoms with Crippen molar-refractivity contribution in [3.05, 3.63) is 25.3 Å². The first kappa shape index (κ1) is 12.5. The number of nitrogens with zero attached hydrogens (tertiary/aromatic N) is 1. The fourth-order valence-electron chi connectivity index (χ4n) is 2.28. The molecule has 1 aliphatic carbocycles. The van der Waals surface area contributed by atoms with Crippen LogP contribution in [-0.4, -0.2) is 37.1 Å². The molecule has 2 heteroatoms. The van der Waals surface area contributed by atoms with Crippen LogP contribution in [0.1, 0.15) is 19.8 Å². The first-order valence-corrected chi connectivity index (χ1v) is 6.00. The maximum absolute atomic E-state index is 3.82. The van der Waals surface area contributed by atoms with E-state index >= 15 is 0 Å². The highest BCUT2D eigenvalue weighted by Gasteiger charge is 2.33. The van der Waals surface area contributed by atoms with E-state index < -0.39 is 0 Å². The van der Waals surface area contributed by atoms with Gasteiger partial charge < -0.3 is 5.32 Å². The highest BCUT2D eigenvalue weighted by molar-refractivity contribution is 4.94. The lowest BCUT2D eigenvalue weighted by molar-refractivity contribution is 0.0816. The summed E-state index contributed by atoms with van der Waals surface area (Å²) in [5.74, 6) is 0.824. The number of nitrogens with one attached hydrogen (secondary N) is 1. The molecular weight excluding hydrogens is 184 g/mol. The van der Waals surface area contributed by atoms with Gasteiger partial charge in [0.15, 0.2) is 0 Å². The molecule has 0 bridgehead atoms. The molecule has 1 saturated carbocycles. The Labute approximate surface area is 94.0 Å². The smallest absolute Gasteiger partial charge is 0.0166 e. The number of hydrogen-bond donors (Lipinski definition) is 1. The standard InChI is InChI=1S/C13H24N2/c1-4-9-15(10-5-2)13-8-7-12(13)11-14-6-3/h4-5,12-14H,1-2,6-11H2,3H3. The van der Waals surface area contributed by atoms with Crippen molar-refractivity contribution in [2.75, 3.05) is 26.2 Å². The van der Waals surface area contributed by atoms with Crippen molar-refractivity contribution in [3.8, 4) is 0 Å². The second-order valence-electron chi connectivity index (χ2n) is 4.24. The van der Waals surface area contributed by atoms with Crippen molar-refractivity contribution >= 4 is 0 Å². The quantitative estimate of drug-likeness (QED) is 0.614. The van der Waals surface area contributed by atoms with Gasteiger partial charge in [0.25, 0.3) is 0 Å². The average Bonchev–Trinajstić information content (AvgIpc) is 2.17. The lowest BCUT2D eigenvalue weighted by Gasteiger charge is -2.44. The highest BCUT2D eigenvalue weighted by Crippen LogP contribution is 2.31. The molecular formula is C13H24N2. The van der Waals surface area contributed by atoms with E-state index in [1.165, 1.54) is 12.8 Å². The van der Waals surface area contributed by atoms with Crippen LogP contribution < -0.4 is 5.32 Å². The normalized spacial score (nSPS) is 24.9. The molecule has 2 unspecified atom stereocenters. The third-order valence-corrected chi connectivity index (χ3v) is 3.23. The first-order valence-electron chi connectivity index (χ1n) is 6.00. The molecule has 1 fully saturated rings. The molecule has 0 amide bonds. The molecule has 0 heterocycles. The molecule has 0 aromatic rings. The first-order chi connectivity index (χ1) is 7.33. The molecule has 0 aliphatic heterocycles. The third kappa shape index (κ3) is 3.47. The highest BCUT2D eigenvalue weighted by atomic mass is 15.2. The summed E-state index contributed by atoms with van der Waals surface area (Å²) in [6.07, 6.45) is 6.68. The Bertz CT molecular complexity index is 191. The minimum atomic E-state index is 0.736. The maximum Gasteiger partial charge on any atom is 0.0166 e. The zero-order valence-corrected chi connectivity index (χ0v) is 9.91. The Hall–Kier alpha value is -0.600. The van der Waals surface area contributed by atoms with Crippen LogP contribution in [0.3, 0.4) is 0 Å². The summed E-state index contributed by atoms with van der Waals surface area (Å²) in [7, 11) is 0. The van der Waals surface area contributed by atoms with Crippen LogP contribution in [0.4, 0.5) is 0 Å². The molecule has 2 atom stereocenters. The molecule has 1 N–H and O–H groups in total. The SMILES string of the molecule is C=CCN(CC=C)C1CCC1CNCC. The fourth-order valence-corrected chi connectivity index (χ4v) is 2.28. The van der Waals surface area contributed by atoms with Gasteiger partial charge in [-0.3, -0.25) is 4.90 Å². The van der Waals surface area contributed by atoms with Crippen molar-refractivity contribution in [3.63, 3.8) is 0 Å². The second-order valence-corrected chi connectivity index (χ2v) is 4.24. The fraction of sp³-hybridized carbons (Fsp3) is 0.692. The monoisotopic (exact) mass is 208 g/mol. The Morgan fingerprint density at radius 3 is 2.33 bits per heavy atom. The van der Waals surface area contributed by atoms with Gasteiger partial charge in [0.1, 0.15) is 0 Å². The van der Waals surface area contributed by atoms with E-state index in [4.69, 9.17) is 0 Å². The van der Waals surface area contributed by atoms with Crippen molar-refractivity contribution in [1.82, 2.24) is 10.2 Å². The van der Waals surface area contributed by atoms with Crippen molar-refractivity contribution in [1.29, 1.82) is 0 Å². The molecule has 2 nitrogen and oxygen atoms in total. The van der Waals surface area contributed by atoms with E-state index in [1.807, 2.05) is 12.2 Å². The number of rotatable bonds is 8. The zero-order valence-electron chi connectivity index (χ0n) is 9.91. The van der Waals surface area contributed by atoms with Crippen molar-refractivity contribution in [2.24, 2.45) is 5.92 Å². The van der Waals surface area contributed by atoms with Gasteiger partial charge in [-0.2, -0.15) is 0 Å². The van der Waals surface area contributed by atoms with Crippen LogP contribution in [-0.2, 0) is 0 Å². The Morgan fingerprint density at radius 1 is 1.27 bits per heavy atom. The second kappa shape index (κ2) is 6.81. The van der Waals surface area contributed by atoms with E-state index in [0.717, 1.165) is 38.1 Å². The summed E-state index contributed by atoms with van der Waals surface area (Å²) in [4.78, 5) is 2.48. The van der Waals surface area contributed by atoms with E-state index in [2.05, 4.69) is 30.3 Å². The molecule has 86 valence electrons. The summed E-state index contributed by atoms with van der Waals surface area (Å²) in [5, 5.41) is 3.44. The zero-order chi connectivity index (χ0) is 11.1. The van der Waals surface area contributed by atoms with Crippen LogP contribution >= 0.6 is 0 Å². The summed E-state index contributed by atoms with van der Waals surface area (Å²) in [5.41, 5.74) is 0. The van der Waals surface area contributed by atoms with Crippen molar-refractivity contribution < 1.29 is 0 Å². The summed E-state index contributed by atoms with van der Waals surface area (Å²) in [6, 6.07) is 0.736. The summed E-state index contributed by atoms with van der Waals surface area (Å²) < 4.78 is 0. The van der Waals surface area contributed by atoms with E-state index in [1.54, 1.807) is 0 Å². The van der Waals surface area contributed by atoms with Gasteiger partial charge in [-0.15, -0.1) is 13.2 Å². The maximum atomic E-state index is 3.82. The Morgan fingerprint density at radius 2 is 1.93 bits per heavy atom. The van der Waals surface area contributed by atoms with Gasteiger partial charge in [-0.25, -0.2) is 0 Å².